The van der Waals surface area contributed by atoms with Gasteiger partial charge in [-0.2, -0.15) is 0 Å². The molecule has 1 N–H and O–H groups in total. The van der Waals surface area contributed by atoms with E-state index >= 15 is 0 Å². The van der Waals surface area contributed by atoms with Crippen LogP contribution in [0.2, 0.25) is 0 Å². The molecular weight excluding hydrogens is 164 g/mol. The molecule has 2 heterocycles. The van der Waals surface area contributed by atoms with E-state index in [1.807, 2.05) is 12.1 Å². The summed E-state index contributed by atoms with van der Waals surface area (Å²) < 4.78 is 5.43. The standard InChI is InChI=1S/C10H8N2O/c1-2-7-3-4-8-9(12-6-11-8)10(7)13-5-1/h1,3-6H,2H2,(H,11,12). The van der Waals surface area contributed by atoms with Gasteiger partial charge in [-0.15, -0.1) is 0 Å². The molecule has 0 saturated carbocycles. The van der Waals surface area contributed by atoms with Crippen LogP contribution < -0.4 is 4.74 Å². The summed E-state index contributed by atoms with van der Waals surface area (Å²) in [4.78, 5) is 7.27. The number of fused-ring (bicyclic) bond motifs is 3. The molecule has 2 aromatic rings. The monoisotopic (exact) mass is 172 g/mol. The number of hydrogen-bond donors (Lipinski definition) is 1. The van der Waals surface area contributed by atoms with Crippen molar-refractivity contribution in [3.63, 3.8) is 0 Å². The number of benzene rings is 1. The van der Waals surface area contributed by atoms with Crippen molar-refractivity contribution in [1.29, 1.82) is 0 Å². The first-order chi connectivity index (χ1) is 6.45. The van der Waals surface area contributed by atoms with E-state index in [-0.39, 0.29) is 0 Å². The number of rotatable bonds is 0. The molecular formula is C10H8N2O. The van der Waals surface area contributed by atoms with E-state index < -0.39 is 0 Å². The zero-order chi connectivity index (χ0) is 8.67. The molecule has 0 aliphatic carbocycles. The Hall–Kier alpha value is -1.77. The van der Waals surface area contributed by atoms with Crippen LogP contribution in [-0.4, -0.2) is 9.97 Å². The molecule has 3 heteroatoms. The number of imidazole rings is 1. The highest BCUT2D eigenvalue weighted by Gasteiger charge is 2.11. The van der Waals surface area contributed by atoms with Crippen molar-refractivity contribution in [3.8, 4) is 5.75 Å². The van der Waals surface area contributed by atoms with Crippen molar-refractivity contribution < 1.29 is 4.74 Å². The quantitative estimate of drug-likeness (QED) is 0.660. The topological polar surface area (TPSA) is 37.9 Å². The van der Waals surface area contributed by atoms with Gasteiger partial charge in [0.25, 0.3) is 0 Å². The van der Waals surface area contributed by atoms with Gasteiger partial charge in [-0.05, 0) is 18.6 Å². The minimum atomic E-state index is 0.890. The predicted molar refractivity (Wildman–Crippen MR) is 49.6 cm³/mol. The van der Waals surface area contributed by atoms with E-state index in [0.29, 0.717) is 0 Å². The summed E-state index contributed by atoms with van der Waals surface area (Å²) in [6, 6.07) is 4.10. The second-order valence-electron chi connectivity index (χ2n) is 3.05. The fourth-order valence-electron chi connectivity index (χ4n) is 1.61. The molecule has 1 aliphatic rings. The van der Waals surface area contributed by atoms with E-state index in [1.165, 1.54) is 5.56 Å². The number of ether oxygens (including phenoxy) is 1. The number of aromatic nitrogens is 2. The van der Waals surface area contributed by atoms with E-state index in [0.717, 1.165) is 23.2 Å². The third kappa shape index (κ3) is 0.869. The number of hydrogen-bond acceptors (Lipinski definition) is 2. The molecule has 0 atom stereocenters. The van der Waals surface area contributed by atoms with E-state index in [9.17, 15) is 0 Å². The van der Waals surface area contributed by atoms with Gasteiger partial charge in [-0.1, -0.05) is 6.07 Å². The van der Waals surface area contributed by atoms with Gasteiger partial charge in [0.1, 0.15) is 5.52 Å². The lowest BCUT2D eigenvalue weighted by Gasteiger charge is -2.11. The predicted octanol–water partition coefficient (Wildman–Crippen LogP) is 2.01. The summed E-state index contributed by atoms with van der Waals surface area (Å²) in [5, 5.41) is 0. The lowest BCUT2D eigenvalue weighted by molar-refractivity contribution is 0.469. The average Bonchev–Trinajstić information content (AvgIpc) is 2.65. The number of nitrogens with zero attached hydrogens (tertiary/aromatic N) is 1. The van der Waals surface area contributed by atoms with Gasteiger partial charge < -0.3 is 9.72 Å². The van der Waals surface area contributed by atoms with Crippen molar-refractivity contribution in [2.24, 2.45) is 0 Å². The summed E-state index contributed by atoms with van der Waals surface area (Å²) in [5.41, 5.74) is 3.14. The highest BCUT2D eigenvalue weighted by atomic mass is 16.5. The van der Waals surface area contributed by atoms with Gasteiger partial charge in [0.2, 0.25) is 0 Å². The Kier molecular flexibility index (Phi) is 1.22. The SMILES string of the molecule is C1=COc2c(ccc3[nH]cnc23)C1. The van der Waals surface area contributed by atoms with Crippen LogP contribution in [0.1, 0.15) is 5.56 Å². The molecule has 0 radical (unpaired) electrons. The Morgan fingerprint density at radius 1 is 1.38 bits per heavy atom. The van der Waals surface area contributed by atoms with Crippen LogP contribution in [0, 0.1) is 0 Å². The zero-order valence-corrected chi connectivity index (χ0v) is 6.95. The zero-order valence-electron chi connectivity index (χ0n) is 6.95. The van der Waals surface area contributed by atoms with Gasteiger partial charge in [-0.3, -0.25) is 0 Å². The minimum Gasteiger partial charge on any atom is -0.463 e. The van der Waals surface area contributed by atoms with Gasteiger partial charge in [0.15, 0.2) is 5.75 Å². The minimum absolute atomic E-state index is 0.890. The van der Waals surface area contributed by atoms with Gasteiger partial charge in [-0.25, -0.2) is 4.98 Å². The molecule has 0 saturated heterocycles. The van der Waals surface area contributed by atoms with Crippen LogP contribution in [0.4, 0.5) is 0 Å². The second-order valence-corrected chi connectivity index (χ2v) is 3.05. The van der Waals surface area contributed by atoms with Gasteiger partial charge in [0, 0.05) is 5.56 Å². The lowest BCUT2D eigenvalue weighted by atomic mass is 10.1. The summed E-state index contributed by atoms with van der Waals surface area (Å²) in [5.74, 6) is 0.890. The summed E-state index contributed by atoms with van der Waals surface area (Å²) in [6.45, 7) is 0. The first-order valence-electron chi connectivity index (χ1n) is 4.22. The molecule has 1 aromatic carbocycles. The maximum absolute atomic E-state index is 5.43. The average molecular weight is 172 g/mol. The highest BCUT2D eigenvalue weighted by Crippen LogP contribution is 2.30. The summed E-state index contributed by atoms with van der Waals surface area (Å²) in [6.07, 6.45) is 6.34. The highest BCUT2D eigenvalue weighted by molar-refractivity contribution is 5.83. The molecule has 0 spiro atoms. The molecule has 1 aliphatic heterocycles. The number of allylic oxidation sites excluding steroid dienone is 1. The molecule has 0 bridgehead atoms. The van der Waals surface area contributed by atoms with Crippen LogP contribution in [0.3, 0.4) is 0 Å². The lowest BCUT2D eigenvalue weighted by Crippen LogP contribution is -1.96. The van der Waals surface area contributed by atoms with Crippen LogP contribution in [0.25, 0.3) is 11.0 Å². The van der Waals surface area contributed by atoms with Crippen molar-refractivity contribution in [2.75, 3.05) is 0 Å². The molecule has 1 aromatic heterocycles. The number of nitrogens with one attached hydrogen (secondary N) is 1. The second kappa shape index (κ2) is 2.36. The fraction of sp³-hybridized carbons (Fsp3) is 0.100. The van der Waals surface area contributed by atoms with Crippen molar-refractivity contribution in [2.45, 2.75) is 6.42 Å². The molecule has 64 valence electrons. The first kappa shape index (κ1) is 6.71. The van der Waals surface area contributed by atoms with Crippen LogP contribution in [-0.2, 0) is 6.42 Å². The third-order valence-corrected chi connectivity index (χ3v) is 2.25. The summed E-state index contributed by atoms with van der Waals surface area (Å²) >= 11 is 0. The molecule has 0 amide bonds. The van der Waals surface area contributed by atoms with Crippen LogP contribution >= 0.6 is 0 Å². The smallest absolute Gasteiger partial charge is 0.157 e. The third-order valence-electron chi connectivity index (χ3n) is 2.25. The molecule has 13 heavy (non-hydrogen) atoms. The Labute approximate surface area is 75.1 Å². The van der Waals surface area contributed by atoms with E-state index in [4.69, 9.17) is 4.74 Å². The van der Waals surface area contributed by atoms with Crippen LogP contribution in [0.5, 0.6) is 5.75 Å². The maximum Gasteiger partial charge on any atom is 0.157 e. The number of H-pyrrole nitrogens is 1. The number of aromatic amines is 1. The molecule has 0 unspecified atom stereocenters. The van der Waals surface area contributed by atoms with Gasteiger partial charge >= 0.3 is 0 Å². The Morgan fingerprint density at radius 3 is 3.38 bits per heavy atom. The van der Waals surface area contributed by atoms with E-state index in [2.05, 4.69) is 16.0 Å². The molecule has 3 nitrogen and oxygen atoms in total. The van der Waals surface area contributed by atoms with Crippen molar-refractivity contribution >= 4 is 11.0 Å². The molecule has 0 fully saturated rings. The van der Waals surface area contributed by atoms with Gasteiger partial charge in [0.05, 0.1) is 18.1 Å². The Bertz CT molecular complexity index is 485. The van der Waals surface area contributed by atoms with E-state index in [1.54, 1.807) is 12.6 Å². The Balaban J connectivity index is 2.38. The molecule has 3 rings (SSSR count). The summed E-state index contributed by atoms with van der Waals surface area (Å²) in [7, 11) is 0. The maximum atomic E-state index is 5.43. The first-order valence-corrected chi connectivity index (χ1v) is 4.22. The van der Waals surface area contributed by atoms with Crippen molar-refractivity contribution in [3.05, 3.63) is 36.4 Å². The van der Waals surface area contributed by atoms with Crippen molar-refractivity contribution in [1.82, 2.24) is 9.97 Å². The van der Waals surface area contributed by atoms with Crippen LogP contribution in [0.15, 0.2) is 30.8 Å². The Morgan fingerprint density at radius 2 is 2.38 bits per heavy atom. The largest absolute Gasteiger partial charge is 0.463 e. The fourth-order valence-corrected chi connectivity index (χ4v) is 1.61. The normalized spacial score (nSPS) is 14.2.